The van der Waals surface area contributed by atoms with E-state index in [-0.39, 0.29) is 30.8 Å². The second-order valence-corrected chi connectivity index (χ2v) is 5.19. The molecule has 1 atom stereocenters. The maximum absolute atomic E-state index is 12.2. The highest BCUT2D eigenvalue weighted by atomic mass is 16.4. The van der Waals surface area contributed by atoms with Crippen LogP contribution in [0.3, 0.4) is 0 Å². The summed E-state index contributed by atoms with van der Waals surface area (Å²) >= 11 is 0. The highest BCUT2D eigenvalue weighted by Crippen LogP contribution is 2.16. The molecule has 0 aliphatic carbocycles. The quantitative estimate of drug-likeness (QED) is 0.656. The van der Waals surface area contributed by atoms with Crippen molar-refractivity contribution in [2.75, 3.05) is 32.7 Å². The monoisotopic (exact) mass is 285 g/mol. The number of nitrogens with two attached hydrogens (primary N) is 1. The normalized spacial score (nSPS) is 19.1. The van der Waals surface area contributed by atoms with Gasteiger partial charge in [0.2, 0.25) is 11.8 Å². The number of likely N-dealkylation sites (tertiary alicyclic amines) is 1. The molecule has 0 bridgehead atoms. The second-order valence-electron chi connectivity index (χ2n) is 5.19. The van der Waals surface area contributed by atoms with Gasteiger partial charge < -0.3 is 15.7 Å². The Bertz CT molecular complexity index is 373. The Morgan fingerprint density at radius 3 is 2.60 bits per heavy atom. The van der Waals surface area contributed by atoms with E-state index in [0.717, 1.165) is 12.8 Å². The van der Waals surface area contributed by atoms with E-state index in [1.54, 1.807) is 9.80 Å². The largest absolute Gasteiger partial charge is 0.480 e. The van der Waals surface area contributed by atoms with E-state index in [1.807, 2.05) is 6.92 Å². The van der Waals surface area contributed by atoms with E-state index >= 15 is 0 Å². The number of carbonyl (C=O) groups excluding carboxylic acids is 2. The average molecular weight is 285 g/mol. The third kappa shape index (κ3) is 5.16. The Morgan fingerprint density at radius 1 is 1.35 bits per heavy atom. The van der Waals surface area contributed by atoms with Crippen molar-refractivity contribution in [3.8, 4) is 0 Å². The predicted octanol–water partition coefficient (Wildman–Crippen LogP) is -0.493. The van der Waals surface area contributed by atoms with Gasteiger partial charge in [0.05, 0.1) is 19.0 Å². The zero-order valence-corrected chi connectivity index (χ0v) is 11.9. The smallest absolute Gasteiger partial charge is 0.317 e. The summed E-state index contributed by atoms with van der Waals surface area (Å²) in [6.07, 6.45) is 2.25. The molecule has 7 heteroatoms. The molecule has 2 amide bonds. The van der Waals surface area contributed by atoms with Gasteiger partial charge in [0.15, 0.2) is 0 Å². The van der Waals surface area contributed by atoms with Gasteiger partial charge in [0, 0.05) is 13.1 Å². The van der Waals surface area contributed by atoms with Crippen LogP contribution in [0.2, 0.25) is 0 Å². The third-order valence-electron chi connectivity index (χ3n) is 3.43. The van der Waals surface area contributed by atoms with Crippen LogP contribution in [0.15, 0.2) is 0 Å². The average Bonchev–Trinajstić information content (AvgIpc) is 2.38. The molecule has 20 heavy (non-hydrogen) atoms. The summed E-state index contributed by atoms with van der Waals surface area (Å²) in [5, 5.41) is 8.82. The van der Waals surface area contributed by atoms with Gasteiger partial charge >= 0.3 is 5.97 Å². The molecule has 0 aromatic rings. The summed E-state index contributed by atoms with van der Waals surface area (Å²) in [6, 6.07) is 0. The maximum Gasteiger partial charge on any atom is 0.317 e. The molecule has 1 saturated heterocycles. The van der Waals surface area contributed by atoms with E-state index in [0.29, 0.717) is 26.1 Å². The highest BCUT2D eigenvalue weighted by Gasteiger charge is 2.27. The summed E-state index contributed by atoms with van der Waals surface area (Å²) in [7, 11) is 0. The number of piperidine rings is 1. The zero-order chi connectivity index (χ0) is 15.1. The topological polar surface area (TPSA) is 104 Å². The van der Waals surface area contributed by atoms with Crippen LogP contribution in [0, 0.1) is 5.92 Å². The number of aliphatic carboxylic acids is 1. The van der Waals surface area contributed by atoms with Crippen molar-refractivity contribution in [3.63, 3.8) is 0 Å². The second kappa shape index (κ2) is 7.84. The molecule has 0 aromatic heterocycles. The Labute approximate surface area is 118 Å². The first kappa shape index (κ1) is 16.4. The van der Waals surface area contributed by atoms with Crippen LogP contribution in [0.4, 0.5) is 0 Å². The summed E-state index contributed by atoms with van der Waals surface area (Å²) < 4.78 is 0. The van der Waals surface area contributed by atoms with Crippen molar-refractivity contribution in [1.29, 1.82) is 0 Å². The Balaban J connectivity index is 2.54. The molecule has 1 fully saturated rings. The number of carbonyl (C=O) groups is 3. The highest BCUT2D eigenvalue weighted by molar-refractivity contribution is 5.81. The number of amides is 2. The number of primary amides is 1. The predicted molar refractivity (Wildman–Crippen MR) is 72.9 cm³/mol. The molecule has 0 spiro atoms. The third-order valence-corrected chi connectivity index (χ3v) is 3.43. The van der Waals surface area contributed by atoms with Gasteiger partial charge in [-0.1, -0.05) is 6.92 Å². The lowest BCUT2D eigenvalue weighted by molar-refractivity contribution is -0.140. The van der Waals surface area contributed by atoms with Crippen LogP contribution < -0.4 is 5.73 Å². The van der Waals surface area contributed by atoms with Gasteiger partial charge in [0.1, 0.15) is 0 Å². The molecule has 3 N–H and O–H groups in total. The molecule has 1 heterocycles. The molecule has 1 aliphatic heterocycles. The van der Waals surface area contributed by atoms with Crippen LogP contribution in [0.1, 0.15) is 26.2 Å². The van der Waals surface area contributed by atoms with Crippen molar-refractivity contribution in [3.05, 3.63) is 0 Å². The summed E-state index contributed by atoms with van der Waals surface area (Å²) in [5.74, 6) is -1.74. The first-order valence-corrected chi connectivity index (χ1v) is 6.95. The Kier molecular flexibility index (Phi) is 6.44. The minimum absolute atomic E-state index is 0.0750. The molecule has 1 rings (SSSR count). The molecular formula is C13H23N3O4. The molecular weight excluding hydrogens is 262 g/mol. The molecule has 7 nitrogen and oxygen atoms in total. The minimum atomic E-state index is -0.945. The van der Waals surface area contributed by atoms with E-state index in [1.165, 1.54) is 0 Å². The number of nitrogens with zero attached hydrogens (tertiary/aromatic N) is 2. The maximum atomic E-state index is 12.2. The number of hydrogen-bond acceptors (Lipinski definition) is 4. The molecule has 114 valence electrons. The van der Waals surface area contributed by atoms with Crippen LogP contribution in [-0.2, 0) is 14.4 Å². The number of carboxylic acids is 1. The SMILES string of the molecule is CCCN(CC(=O)O)CC(=O)N1CCCC(C(N)=O)C1. The first-order valence-electron chi connectivity index (χ1n) is 6.95. The van der Waals surface area contributed by atoms with Gasteiger partial charge in [-0.25, -0.2) is 0 Å². The van der Waals surface area contributed by atoms with Crippen molar-refractivity contribution in [2.24, 2.45) is 11.7 Å². The first-order chi connectivity index (χ1) is 9.43. The summed E-state index contributed by atoms with van der Waals surface area (Å²) in [6.45, 7) is 3.38. The van der Waals surface area contributed by atoms with Gasteiger partial charge in [-0.2, -0.15) is 0 Å². The number of hydrogen-bond donors (Lipinski definition) is 2. The lowest BCUT2D eigenvalue weighted by Gasteiger charge is -2.32. The number of carboxylic acid groups (broad SMARTS) is 1. The van der Waals surface area contributed by atoms with Crippen molar-refractivity contribution >= 4 is 17.8 Å². The fraction of sp³-hybridized carbons (Fsp3) is 0.769. The lowest BCUT2D eigenvalue weighted by Crippen LogP contribution is -2.48. The van der Waals surface area contributed by atoms with E-state index in [9.17, 15) is 14.4 Å². The molecule has 0 saturated carbocycles. The fourth-order valence-corrected chi connectivity index (χ4v) is 2.45. The van der Waals surface area contributed by atoms with E-state index in [2.05, 4.69) is 0 Å². The lowest BCUT2D eigenvalue weighted by atomic mass is 9.97. The van der Waals surface area contributed by atoms with Crippen molar-refractivity contribution in [2.45, 2.75) is 26.2 Å². The molecule has 0 radical (unpaired) electrons. The van der Waals surface area contributed by atoms with Crippen LogP contribution in [0.5, 0.6) is 0 Å². The van der Waals surface area contributed by atoms with Gasteiger partial charge in [0.25, 0.3) is 0 Å². The van der Waals surface area contributed by atoms with Gasteiger partial charge in [-0.05, 0) is 25.8 Å². The number of rotatable bonds is 7. The Morgan fingerprint density at radius 2 is 2.05 bits per heavy atom. The van der Waals surface area contributed by atoms with Gasteiger partial charge in [-0.15, -0.1) is 0 Å². The standard InChI is InChI=1S/C13H23N3O4/c1-2-5-15(9-12(18)19)8-11(17)16-6-3-4-10(7-16)13(14)20/h10H,2-9H2,1H3,(H2,14,20)(H,18,19). The molecule has 1 unspecified atom stereocenters. The van der Waals surface area contributed by atoms with Crippen LogP contribution in [0.25, 0.3) is 0 Å². The van der Waals surface area contributed by atoms with Crippen LogP contribution >= 0.6 is 0 Å². The molecule has 1 aliphatic rings. The summed E-state index contributed by atoms with van der Waals surface area (Å²) in [4.78, 5) is 37.3. The van der Waals surface area contributed by atoms with E-state index < -0.39 is 5.97 Å². The summed E-state index contributed by atoms with van der Waals surface area (Å²) in [5.41, 5.74) is 5.28. The van der Waals surface area contributed by atoms with Crippen molar-refractivity contribution in [1.82, 2.24) is 9.80 Å². The van der Waals surface area contributed by atoms with E-state index in [4.69, 9.17) is 10.8 Å². The Hall–Kier alpha value is -1.63. The van der Waals surface area contributed by atoms with Gasteiger partial charge in [-0.3, -0.25) is 19.3 Å². The fourth-order valence-electron chi connectivity index (χ4n) is 2.45. The molecule has 0 aromatic carbocycles. The van der Waals surface area contributed by atoms with Crippen molar-refractivity contribution < 1.29 is 19.5 Å². The van der Waals surface area contributed by atoms with Crippen LogP contribution in [-0.4, -0.2) is 65.4 Å². The zero-order valence-electron chi connectivity index (χ0n) is 11.9. The minimum Gasteiger partial charge on any atom is -0.480 e.